The summed E-state index contributed by atoms with van der Waals surface area (Å²) in [4.78, 5) is 19.2. The number of aromatic nitrogens is 1. The lowest BCUT2D eigenvalue weighted by Crippen LogP contribution is -2.40. The van der Waals surface area contributed by atoms with Gasteiger partial charge in [0.15, 0.2) is 0 Å². The number of nitrogens with zero attached hydrogens (tertiary/aromatic N) is 2. The van der Waals surface area contributed by atoms with Gasteiger partial charge >= 0.3 is 0 Å². The lowest BCUT2D eigenvalue weighted by atomic mass is 10.0. The van der Waals surface area contributed by atoms with Crippen molar-refractivity contribution in [1.29, 1.82) is 0 Å². The number of hydrogen-bond acceptors (Lipinski definition) is 3. The predicted octanol–water partition coefficient (Wildman–Crippen LogP) is 2.99. The Morgan fingerprint density at radius 3 is 2.38 bits per heavy atom. The molecule has 2 aromatic rings. The Morgan fingerprint density at radius 2 is 1.79 bits per heavy atom. The first-order valence-corrected chi connectivity index (χ1v) is 8.42. The number of rotatable bonds is 7. The monoisotopic (exact) mass is 325 g/mol. The van der Waals surface area contributed by atoms with Crippen LogP contribution in [0.3, 0.4) is 0 Å². The largest absolute Gasteiger partial charge is 0.338 e. The fourth-order valence-electron chi connectivity index (χ4n) is 2.96. The quantitative estimate of drug-likeness (QED) is 0.851. The van der Waals surface area contributed by atoms with Crippen molar-refractivity contribution in [1.82, 2.24) is 15.2 Å². The summed E-state index contributed by atoms with van der Waals surface area (Å²) in [6.45, 7) is 4.72. The van der Waals surface area contributed by atoms with Gasteiger partial charge in [-0.25, -0.2) is 0 Å². The van der Waals surface area contributed by atoms with Crippen molar-refractivity contribution in [3.05, 3.63) is 65.0 Å². The van der Waals surface area contributed by atoms with E-state index in [1.807, 2.05) is 63.2 Å². The zero-order chi connectivity index (χ0) is 17.5. The van der Waals surface area contributed by atoms with Crippen LogP contribution in [0.15, 0.2) is 42.5 Å². The molecule has 0 aliphatic carbocycles. The van der Waals surface area contributed by atoms with Crippen LogP contribution >= 0.6 is 0 Å². The molecular weight excluding hydrogens is 298 g/mol. The Balaban J connectivity index is 2.19. The van der Waals surface area contributed by atoms with Gasteiger partial charge in [-0.3, -0.25) is 9.78 Å². The van der Waals surface area contributed by atoms with Gasteiger partial charge in [0, 0.05) is 30.0 Å². The van der Waals surface area contributed by atoms with E-state index in [2.05, 4.69) is 22.4 Å². The van der Waals surface area contributed by atoms with Crippen LogP contribution < -0.4 is 5.32 Å². The molecule has 0 saturated carbocycles. The lowest BCUT2D eigenvalue weighted by Gasteiger charge is -2.29. The summed E-state index contributed by atoms with van der Waals surface area (Å²) in [5.74, 6) is 0.0561. The number of carbonyl (C=O) groups excluding carboxylic acids is 1. The number of likely N-dealkylation sites (N-methyl/N-ethyl adjacent to an activating group) is 1. The normalized spacial score (nSPS) is 12.0. The zero-order valence-corrected chi connectivity index (χ0v) is 15.0. The number of nitrogens with one attached hydrogen (secondary N) is 1. The number of benzene rings is 1. The van der Waals surface area contributed by atoms with Gasteiger partial charge in [-0.1, -0.05) is 30.3 Å². The fraction of sp³-hybridized carbons (Fsp3) is 0.400. The van der Waals surface area contributed by atoms with E-state index < -0.39 is 0 Å². The number of aryl methyl sites for hydroxylation is 2. The van der Waals surface area contributed by atoms with Crippen molar-refractivity contribution in [3.63, 3.8) is 0 Å². The summed E-state index contributed by atoms with van der Waals surface area (Å²) in [6, 6.07) is 14.2. The molecule has 1 aromatic carbocycles. The summed E-state index contributed by atoms with van der Waals surface area (Å²) < 4.78 is 0. The van der Waals surface area contributed by atoms with Gasteiger partial charge in [0.2, 0.25) is 0 Å². The fourth-order valence-corrected chi connectivity index (χ4v) is 2.96. The maximum atomic E-state index is 12.9. The molecule has 0 aliphatic heterocycles. The third-order valence-corrected chi connectivity index (χ3v) is 4.24. The van der Waals surface area contributed by atoms with Crippen molar-refractivity contribution in [3.8, 4) is 0 Å². The molecule has 0 radical (unpaired) electrons. The molecule has 0 fully saturated rings. The molecule has 0 aliphatic rings. The SMILES string of the molecule is CNCC[C@H](Cc1ccccc1)N(C)C(=O)c1cc(C)nc(C)c1. The minimum atomic E-state index is 0.0561. The molecule has 4 nitrogen and oxygen atoms in total. The van der Waals surface area contributed by atoms with E-state index >= 15 is 0 Å². The van der Waals surface area contributed by atoms with Crippen LogP contribution in [0.5, 0.6) is 0 Å². The standard InChI is InChI=1S/C20H27N3O/c1-15-12-18(13-16(2)22-15)20(24)23(4)19(10-11-21-3)14-17-8-6-5-7-9-17/h5-9,12-13,19,21H,10-11,14H2,1-4H3/t19-/m1/s1. The Labute approximate surface area is 144 Å². The second-order valence-corrected chi connectivity index (χ2v) is 6.29. The summed E-state index contributed by atoms with van der Waals surface area (Å²) in [6.07, 6.45) is 1.77. The van der Waals surface area contributed by atoms with Gasteiger partial charge in [0.25, 0.3) is 5.91 Å². The first kappa shape index (κ1) is 18.1. The van der Waals surface area contributed by atoms with E-state index in [0.717, 1.165) is 30.8 Å². The van der Waals surface area contributed by atoms with E-state index in [1.165, 1.54) is 5.56 Å². The number of pyridine rings is 1. The van der Waals surface area contributed by atoms with Gasteiger partial charge in [0.05, 0.1) is 0 Å². The maximum absolute atomic E-state index is 12.9. The van der Waals surface area contributed by atoms with Crippen LogP contribution in [0.4, 0.5) is 0 Å². The number of carbonyl (C=O) groups is 1. The minimum absolute atomic E-state index is 0.0561. The average Bonchev–Trinajstić information content (AvgIpc) is 2.57. The van der Waals surface area contributed by atoms with Crippen molar-refractivity contribution >= 4 is 5.91 Å². The summed E-state index contributed by atoms with van der Waals surface area (Å²) in [5, 5.41) is 3.19. The molecule has 1 amide bonds. The van der Waals surface area contributed by atoms with Gasteiger partial charge in [-0.2, -0.15) is 0 Å². The van der Waals surface area contributed by atoms with Gasteiger partial charge in [-0.15, -0.1) is 0 Å². The van der Waals surface area contributed by atoms with Gasteiger partial charge in [0.1, 0.15) is 0 Å². The molecule has 2 rings (SSSR count). The molecule has 0 saturated heterocycles. The summed E-state index contributed by atoms with van der Waals surface area (Å²) >= 11 is 0. The van der Waals surface area contributed by atoms with E-state index in [9.17, 15) is 4.79 Å². The van der Waals surface area contributed by atoms with Crippen LogP contribution in [-0.4, -0.2) is 42.5 Å². The Kier molecular flexibility index (Phi) is 6.50. The smallest absolute Gasteiger partial charge is 0.253 e. The Hall–Kier alpha value is -2.20. The molecular formula is C20H27N3O. The molecule has 1 heterocycles. The Morgan fingerprint density at radius 1 is 1.17 bits per heavy atom. The highest BCUT2D eigenvalue weighted by Crippen LogP contribution is 2.15. The van der Waals surface area contributed by atoms with Crippen molar-refractivity contribution in [2.24, 2.45) is 0 Å². The van der Waals surface area contributed by atoms with E-state index in [4.69, 9.17) is 0 Å². The van der Waals surface area contributed by atoms with Crippen LogP contribution in [0.1, 0.15) is 33.7 Å². The second kappa shape index (κ2) is 8.60. The summed E-state index contributed by atoms with van der Waals surface area (Å²) in [5.41, 5.74) is 3.72. The molecule has 0 spiro atoms. The number of amides is 1. The number of hydrogen-bond donors (Lipinski definition) is 1. The highest BCUT2D eigenvalue weighted by molar-refractivity contribution is 5.94. The average molecular weight is 325 g/mol. The maximum Gasteiger partial charge on any atom is 0.253 e. The topological polar surface area (TPSA) is 45.2 Å². The first-order chi connectivity index (χ1) is 11.5. The molecule has 24 heavy (non-hydrogen) atoms. The highest BCUT2D eigenvalue weighted by atomic mass is 16.2. The molecule has 0 unspecified atom stereocenters. The van der Waals surface area contributed by atoms with Gasteiger partial charge in [-0.05, 0) is 58.0 Å². The molecule has 128 valence electrons. The molecule has 0 bridgehead atoms. The lowest BCUT2D eigenvalue weighted by molar-refractivity contribution is 0.0723. The first-order valence-electron chi connectivity index (χ1n) is 8.42. The van der Waals surface area contributed by atoms with Crippen LogP contribution in [0.25, 0.3) is 0 Å². The zero-order valence-electron chi connectivity index (χ0n) is 15.0. The van der Waals surface area contributed by atoms with E-state index in [1.54, 1.807) is 0 Å². The van der Waals surface area contributed by atoms with E-state index in [0.29, 0.717) is 5.56 Å². The molecule has 1 N–H and O–H groups in total. The van der Waals surface area contributed by atoms with Crippen molar-refractivity contribution < 1.29 is 4.79 Å². The molecule has 1 atom stereocenters. The highest BCUT2D eigenvalue weighted by Gasteiger charge is 2.21. The van der Waals surface area contributed by atoms with Gasteiger partial charge < -0.3 is 10.2 Å². The predicted molar refractivity (Wildman–Crippen MR) is 98.3 cm³/mol. The third kappa shape index (κ3) is 4.90. The third-order valence-electron chi connectivity index (χ3n) is 4.24. The van der Waals surface area contributed by atoms with Crippen LogP contribution in [0.2, 0.25) is 0 Å². The molecule has 1 aromatic heterocycles. The Bertz CT molecular complexity index is 650. The minimum Gasteiger partial charge on any atom is -0.338 e. The summed E-state index contributed by atoms with van der Waals surface area (Å²) in [7, 11) is 3.84. The molecule has 4 heteroatoms. The van der Waals surface area contributed by atoms with Crippen molar-refractivity contribution in [2.75, 3.05) is 20.6 Å². The van der Waals surface area contributed by atoms with E-state index in [-0.39, 0.29) is 11.9 Å². The van der Waals surface area contributed by atoms with Crippen LogP contribution in [0, 0.1) is 13.8 Å². The van der Waals surface area contributed by atoms with Crippen LogP contribution in [-0.2, 0) is 6.42 Å². The second-order valence-electron chi connectivity index (χ2n) is 6.29. The van der Waals surface area contributed by atoms with Crippen molar-refractivity contribution in [2.45, 2.75) is 32.7 Å².